The summed E-state index contributed by atoms with van der Waals surface area (Å²) >= 11 is 12.3. The number of aryl methyl sites for hydroxylation is 2. The van der Waals surface area contributed by atoms with Gasteiger partial charge in [-0.05, 0) is 78.6 Å². The van der Waals surface area contributed by atoms with Crippen LogP contribution in [0.2, 0.25) is 10.0 Å². The number of carbonyl (C=O) groups is 1. The molecule has 0 radical (unpaired) electrons. The third-order valence-electron chi connectivity index (χ3n) is 4.87. The number of hydrogen-bond donors (Lipinski definition) is 0. The Morgan fingerprint density at radius 1 is 0.696 bits per heavy atom. The van der Waals surface area contributed by atoms with Gasteiger partial charge in [0.1, 0.15) is 0 Å². The smallest absolute Gasteiger partial charge is 0.189 e. The van der Waals surface area contributed by atoms with Crippen LogP contribution in [-0.4, -0.2) is 5.78 Å². The molecule has 2 aromatic carbocycles. The highest BCUT2D eigenvalue weighted by Gasteiger charge is 2.27. The lowest BCUT2D eigenvalue weighted by Gasteiger charge is -2.25. The minimum Gasteiger partial charge on any atom is -0.289 e. The molecule has 3 heteroatoms. The van der Waals surface area contributed by atoms with E-state index in [2.05, 4.69) is 6.07 Å². The first kappa shape index (κ1) is 15.0. The molecule has 0 fully saturated rings. The molecule has 23 heavy (non-hydrogen) atoms. The van der Waals surface area contributed by atoms with Crippen molar-refractivity contribution in [3.8, 4) is 0 Å². The van der Waals surface area contributed by atoms with Crippen molar-refractivity contribution in [2.45, 2.75) is 32.1 Å². The van der Waals surface area contributed by atoms with Gasteiger partial charge < -0.3 is 0 Å². The summed E-state index contributed by atoms with van der Waals surface area (Å²) in [6.07, 6.45) is 4.79. The van der Waals surface area contributed by atoms with Crippen molar-refractivity contribution in [1.82, 2.24) is 0 Å². The number of benzene rings is 2. The lowest BCUT2D eigenvalue weighted by Crippen LogP contribution is -2.17. The van der Waals surface area contributed by atoms with E-state index in [0.717, 1.165) is 59.4 Å². The fraction of sp³-hybridized carbons (Fsp3) is 0.250. The van der Waals surface area contributed by atoms with Crippen LogP contribution in [0.4, 0.5) is 0 Å². The van der Waals surface area contributed by atoms with Crippen molar-refractivity contribution >= 4 is 34.6 Å². The SMILES string of the molecule is O=C1/C(=C2\CCCc3ccc(Cl)cc32)CCc2ccc(Cl)cc21. The zero-order valence-corrected chi connectivity index (χ0v) is 14.2. The number of fused-ring (bicyclic) bond motifs is 2. The van der Waals surface area contributed by atoms with Crippen LogP contribution in [-0.2, 0) is 12.8 Å². The first-order chi connectivity index (χ1) is 11.1. The van der Waals surface area contributed by atoms with E-state index in [-0.39, 0.29) is 5.78 Å². The number of rotatable bonds is 0. The normalized spacial score (nSPS) is 20.2. The molecule has 116 valence electrons. The predicted molar refractivity (Wildman–Crippen MR) is 95.4 cm³/mol. The summed E-state index contributed by atoms with van der Waals surface area (Å²) in [6.45, 7) is 0. The Morgan fingerprint density at radius 3 is 2.09 bits per heavy atom. The van der Waals surface area contributed by atoms with Crippen LogP contribution in [0.5, 0.6) is 0 Å². The molecular weight excluding hydrogens is 327 g/mol. The summed E-state index contributed by atoms with van der Waals surface area (Å²) in [7, 11) is 0. The standard InChI is InChI=1S/C20H16Cl2O/c21-14-7-4-12-2-1-3-16(18(12)10-14)17-9-6-13-5-8-15(22)11-19(13)20(17)23/h4-5,7-8,10-11H,1-3,6,9H2/b17-16+. The molecule has 0 saturated carbocycles. The van der Waals surface area contributed by atoms with E-state index in [1.807, 2.05) is 24.3 Å². The van der Waals surface area contributed by atoms with E-state index in [1.165, 1.54) is 11.1 Å². The van der Waals surface area contributed by atoms with Gasteiger partial charge in [-0.15, -0.1) is 0 Å². The minimum atomic E-state index is 0.136. The highest BCUT2D eigenvalue weighted by molar-refractivity contribution is 6.31. The Balaban J connectivity index is 1.87. The summed E-state index contributed by atoms with van der Waals surface area (Å²) in [6, 6.07) is 11.7. The van der Waals surface area contributed by atoms with E-state index in [1.54, 1.807) is 6.07 Å². The number of Topliss-reactive ketones (excluding diaryl/α,β-unsaturated/α-hetero) is 1. The highest BCUT2D eigenvalue weighted by atomic mass is 35.5. The number of halogens is 2. The van der Waals surface area contributed by atoms with Gasteiger partial charge in [-0.3, -0.25) is 4.79 Å². The Bertz CT molecular complexity index is 849. The van der Waals surface area contributed by atoms with Crippen molar-refractivity contribution < 1.29 is 4.79 Å². The quantitative estimate of drug-likeness (QED) is 0.543. The van der Waals surface area contributed by atoms with Gasteiger partial charge in [0, 0.05) is 21.2 Å². The van der Waals surface area contributed by atoms with Crippen LogP contribution in [0.3, 0.4) is 0 Å². The number of ketones is 1. The van der Waals surface area contributed by atoms with Crippen molar-refractivity contribution in [3.05, 3.63) is 74.3 Å². The molecule has 2 aliphatic rings. The average Bonchev–Trinajstić information content (AvgIpc) is 2.55. The number of carbonyl (C=O) groups excluding carboxylic acids is 1. The molecule has 0 unspecified atom stereocenters. The molecule has 0 amide bonds. The van der Waals surface area contributed by atoms with Crippen LogP contribution in [0.1, 0.15) is 46.3 Å². The van der Waals surface area contributed by atoms with Gasteiger partial charge in [-0.25, -0.2) is 0 Å². The third kappa shape index (κ3) is 2.62. The second kappa shape index (κ2) is 5.81. The van der Waals surface area contributed by atoms with Crippen LogP contribution in [0.25, 0.3) is 5.57 Å². The van der Waals surface area contributed by atoms with Crippen molar-refractivity contribution in [3.63, 3.8) is 0 Å². The van der Waals surface area contributed by atoms with Crippen LogP contribution >= 0.6 is 23.2 Å². The van der Waals surface area contributed by atoms with E-state index >= 15 is 0 Å². The molecule has 0 aromatic heterocycles. The summed E-state index contributed by atoms with van der Waals surface area (Å²) < 4.78 is 0. The minimum absolute atomic E-state index is 0.136. The molecule has 0 N–H and O–H groups in total. The van der Waals surface area contributed by atoms with Crippen molar-refractivity contribution in [2.24, 2.45) is 0 Å². The van der Waals surface area contributed by atoms with E-state index in [0.29, 0.717) is 5.02 Å². The third-order valence-corrected chi connectivity index (χ3v) is 5.34. The second-order valence-electron chi connectivity index (χ2n) is 6.24. The predicted octanol–water partition coefficient (Wildman–Crippen LogP) is 5.91. The van der Waals surface area contributed by atoms with Gasteiger partial charge in [0.05, 0.1) is 0 Å². The lowest BCUT2D eigenvalue weighted by atomic mass is 9.78. The van der Waals surface area contributed by atoms with E-state index < -0.39 is 0 Å². The fourth-order valence-corrected chi connectivity index (χ4v) is 4.10. The second-order valence-corrected chi connectivity index (χ2v) is 7.12. The molecule has 0 bridgehead atoms. The molecule has 0 saturated heterocycles. The Hall–Kier alpha value is -1.57. The van der Waals surface area contributed by atoms with Gasteiger partial charge in [-0.1, -0.05) is 35.3 Å². The van der Waals surface area contributed by atoms with Gasteiger partial charge in [0.15, 0.2) is 5.78 Å². The molecule has 2 aliphatic carbocycles. The van der Waals surface area contributed by atoms with E-state index in [9.17, 15) is 4.79 Å². The zero-order chi connectivity index (χ0) is 16.0. The average molecular weight is 343 g/mol. The highest BCUT2D eigenvalue weighted by Crippen LogP contribution is 2.39. The van der Waals surface area contributed by atoms with E-state index in [4.69, 9.17) is 23.2 Å². The molecule has 1 nitrogen and oxygen atoms in total. The lowest BCUT2D eigenvalue weighted by molar-refractivity contribution is 0.102. The zero-order valence-electron chi connectivity index (χ0n) is 12.7. The first-order valence-corrected chi connectivity index (χ1v) is 8.73. The van der Waals surface area contributed by atoms with Crippen LogP contribution in [0, 0.1) is 0 Å². The maximum absolute atomic E-state index is 13.0. The largest absolute Gasteiger partial charge is 0.289 e. The summed E-state index contributed by atoms with van der Waals surface area (Å²) in [5, 5.41) is 1.35. The molecule has 0 aliphatic heterocycles. The Labute approximate surface area is 145 Å². The molecule has 0 atom stereocenters. The Morgan fingerprint density at radius 2 is 1.35 bits per heavy atom. The number of hydrogen-bond acceptors (Lipinski definition) is 1. The van der Waals surface area contributed by atoms with Gasteiger partial charge in [0.2, 0.25) is 0 Å². The van der Waals surface area contributed by atoms with Crippen molar-refractivity contribution in [2.75, 3.05) is 0 Å². The maximum atomic E-state index is 13.0. The molecule has 2 aromatic rings. The molecule has 4 rings (SSSR count). The van der Waals surface area contributed by atoms with Gasteiger partial charge in [-0.2, -0.15) is 0 Å². The summed E-state index contributed by atoms with van der Waals surface area (Å²) in [5.41, 5.74) is 6.46. The fourth-order valence-electron chi connectivity index (χ4n) is 3.75. The van der Waals surface area contributed by atoms with Crippen molar-refractivity contribution in [1.29, 1.82) is 0 Å². The summed E-state index contributed by atoms with van der Waals surface area (Å²) in [4.78, 5) is 13.0. The topological polar surface area (TPSA) is 17.1 Å². The Kier molecular flexibility index (Phi) is 3.79. The molecule has 0 spiro atoms. The maximum Gasteiger partial charge on any atom is 0.189 e. The van der Waals surface area contributed by atoms with Gasteiger partial charge in [0.25, 0.3) is 0 Å². The van der Waals surface area contributed by atoms with Crippen LogP contribution in [0.15, 0.2) is 42.0 Å². The number of allylic oxidation sites excluding steroid dienone is 2. The van der Waals surface area contributed by atoms with Gasteiger partial charge >= 0.3 is 0 Å². The summed E-state index contributed by atoms with van der Waals surface area (Å²) in [5.74, 6) is 0.136. The monoisotopic (exact) mass is 342 g/mol. The van der Waals surface area contributed by atoms with Crippen LogP contribution < -0.4 is 0 Å². The first-order valence-electron chi connectivity index (χ1n) is 7.97. The molecular formula is C20H16Cl2O. The molecule has 0 heterocycles.